The van der Waals surface area contributed by atoms with Crippen LogP contribution in [0.2, 0.25) is 0 Å². The summed E-state index contributed by atoms with van der Waals surface area (Å²) in [5.74, 6) is 1.22. The molecule has 98 valence electrons. The largest absolute Gasteiger partial charge is 0.490 e. The van der Waals surface area contributed by atoms with E-state index in [9.17, 15) is 4.79 Å². The lowest BCUT2D eigenvalue weighted by molar-refractivity contribution is 0.112. The smallest absolute Gasteiger partial charge is 0.175 e. The minimum absolute atomic E-state index is 0.0441. The van der Waals surface area contributed by atoms with E-state index in [1.165, 1.54) is 0 Å². The molecule has 1 aromatic rings. The zero-order valence-electron chi connectivity index (χ0n) is 10.1. The number of ether oxygens (including phenoxy) is 3. The lowest BCUT2D eigenvalue weighted by atomic mass is 10.2. The number of carbonyl (C=O) groups excluding carboxylic acids is 1. The van der Waals surface area contributed by atoms with Crippen molar-refractivity contribution in [1.29, 1.82) is 0 Å². The van der Waals surface area contributed by atoms with Crippen molar-refractivity contribution in [2.75, 3.05) is 19.8 Å². The summed E-state index contributed by atoms with van der Waals surface area (Å²) < 4.78 is 17.4. The van der Waals surface area contributed by atoms with Crippen molar-refractivity contribution >= 4 is 22.2 Å². The van der Waals surface area contributed by atoms with Crippen LogP contribution in [0.15, 0.2) is 16.6 Å². The third kappa shape index (κ3) is 3.03. The normalized spacial score (nSPS) is 18.7. The number of aldehydes is 1. The molecule has 0 aliphatic carbocycles. The molecule has 1 aromatic carbocycles. The maximum atomic E-state index is 10.8. The predicted molar refractivity (Wildman–Crippen MR) is 70.6 cm³/mol. The van der Waals surface area contributed by atoms with Crippen molar-refractivity contribution in [3.63, 3.8) is 0 Å². The molecule has 1 aliphatic rings. The van der Waals surface area contributed by atoms with E-state index < -0.39 is 0 Å². The summed E-state index contributed by atoms with van der Waals surface area (Å²) in [6.07, 6.45) is 1.70. The van der Waals surface area contributed by atoms with Crippen LogP contribution in [0, 0.1) is 0 Å². The first-order valence-corrected chi connectivity index (χ1v) is 6.69. The quantitative estimate of drug-likeness (QED) is 0.784. The Labute approximate surface area is 114 Å². The summed E-state index contributed by atoms with van der Waals surface area (Å²) in [4.78, 5) is 10.8. The highest BCUT2D eigenvalue weighted by Crippen LogP contribution is 2.37. The van der Waals surface area contributed by atoms with Gasteiger partial charge in [0, 0.05) is 12.0 Å². The van der Waals surface area contributed by atoms with Gasteiger partial charge in [0.1, 0.15) is 12.4 Å². The van der Waals surface area contributed by atoms with Crippen LogP contribution in [0.3, 0.4) is 0 Å². The Kier molecular flexibility index (Phi) is 4.60. The van der Waals surface area contributed by atoms with E-state index in [1.807, 2.05) is 6.92 Å². The van der Waals surface area contributed by atoms with E-state index in [0.29, 0.717) is 30.3 Å². The van der Waals surface area contributed by atoms with Crippen LogP contribution in [0.5, 0.6) is 11.5 Å². The van der Waals surface area contributed by atoms with Crippen molar-refractivity contribution < 1.29 is 19.0 Å². The monoisotopic (exact) mass is 314 g/mol. The van der Waals surface area contributed by atoms with Gasteiger partial charge in [-0.2, -0.15) is 0 Å². The zero-order chi connectivity index (χ0) is 13.0. The SMILES string of the molecule is CCOc1cc(C=O)cc(Br)c1OC1CCOC1. The summed E-state index contributed by atoms with van der Waals surface area (Å²) in [6.45, 7) is 3.72. The summed E-state index contributed by atoms with van der Waals surface area (Å²) in [5, 5.41) is 0. The number of benzene rings is 1. The first kappa shape index (κ1) is 13.4. The van der Waals surface area contributed by atoms with Gasteiger partial charge in [0.05, 0.1) is 24.3 Å². The summed E-state index contributed by atoms with van der Waals surface area (Å²) in [6, 6.07) is 3.41. The highest BCUT2D eigenvalue weighted by molar-refractivity contribution is 9.10. The first-order valence-electron chi connectivity index (χ1n) is 5.90. The Hall–Kier alpha value is -1.07. The molecule has 5 heteroatoms. The van der Waals surface area contributed by atoms with E-state index in [1.54, 1.807) is 12.1 Å². The average Bonchev–Trinajstić information content (AvgIpc) is 2.86. The van der Waals surface area contributed by atoms with Gasteiger partial charge in [0.15, 0.2) is 11.5 Å². The van der Waals surface area contributed by atoms with Gasteiger partial charge in [-0.05, 0) is 35.0 Å². The number of carbonyl (C=O) groups is 1. The van der Waals surface area contributed by atoms with E-state index in [0.717, 1.165) is 23.8 Å². The van der Waals surface area contributed by atoms with Gasteiger partial charge < -0.3 is 14.2 Å². The van der Waals surface area contributed by atoms with Crippen LogP contribution in [-0.2, 0) is 4.74 Å². The van der Waals surface area contributed by atoms with Crippen molar-refractivity contribution in [2.24, 2.45) is 0 Å². The van der Waals surface area contributed by atoms with Gasteiger partial charge in [-0.25, -0.2) is 0 Å². The summed E-state index contributed by atoms with van der Waals surface area (Å²) in [5.41, 5.74) is 0.556. The number of hydrogen-bond donors (Lipinski definition) is 0. The Morgan fingerprint density at radius 1 is 1.56 bits per heavy atom. The molecular formula is C13H15BrO4. The molecule has 1 fully saturated rings. The molecular weight excluding hydrogens is 300 g/mol. The molecule has 0 amide bonds. The van der Waals surface area contributed by atoms with Crippen LogP contribution in [0.4, 0.5) is 0 Å². The highest BCUT2D eigenvalue weighted by Gasteiger charge is 2.21. The second-order valence-corrected chi connectivity index (χ2v) is 4.84. The summed E-state index contributed by atoms with van der Waals surface area (Å²) >= 11 is 3.41. The molecule has 18 heavy (non-hydrogen) atoms. The molecule has 0 radical (unpaired) electrons. The first-order chi connectivity index (χ1) is 8.74. The van der Waals surface area contributed by atoms with Gasteiger partial charge in [0.25, 0.3) is 0 Å². The van der Waals surface area contributed by atoms with Gasteiger partial charge in [-0.3, -0.25) is 4.79 Å². The minimum Gasteiger partial charge on any atom is -0.490 e. The van der Waals surface area contributed by atoms with Crippen molar-refractivity contribution in [3.05, 3.63) is 22.2 Å². The molecule has 0 spiro atoms. The van der Waals surface area contributed by atoms with E-state index in [4.69, 9.17) is 14.2 Å². The van der Waals surface area contributed by atoms with Crippen molar-refractivity contribution in [3.8, 4) is 11.5 Å². The van der Waals surface area contributed by atoms with Crippen LogP contribution < -0.4 is 9.47 Å². The molecule has 1 saturated heterocycles. The molecule has 2 rings (SSSR count). The molecule has 1 atom stereocenters. The lowest BCUT2D eigenvalue weighted by Gasteiger charge is -2.17. The van der Waals surface area contributed by atoms with Gasteiger partial charge >= 0.3 is 0 Å². The van der Waals surface area contributed by atoms with Crippen molar-refractivity contribution in [1.82, 2.24) is 0 Å². The second kappa shape index (κ2) is 6.20. The summed E-state index contributed by atoms with van der Waals surface area (Å²) in [7, 11) is 0. The van der Waals surface area contributed by atoms with Crippen LogP contribution in [-0.4, -0.2) is 32.2 Å². The molecule has 1 heterocycles. The van der Waals surface area contributed by atoms with Gasteiger partial charge in [-0.15, -0.1) is 0 Å². The Balaban J connectivity index is 2.27. The van der Waals surface area contributed by atoms with Crippen LogP contribution in [0.25, 0.3) is 0 Å². The molecule has 0 aromatic heterocycles. The average molecular weight is 315 g/mol. The molecule has 1 unspecified atom stereocenters. The lowest BCUT2D eigenvalue weighted by Crippen LogP contribution is -2.16. The van der Waals surface area contributed by atoms with Gasteiger partial charge in [-0.1, -0.05) is 0 Å². The molecule has 1 aliphatic heterocycles. The molecule has 0 bridgehead atoms. The predicted octanol–water partition coefficient (Wildman–Crippen LogP) is 2.83. The zero-order valence-corrected chi connectivity index (χ0v) is 11.7. The van der Waals surface area contributed by atoms with Crippen molar-refractivity contribution in [2.45, 2.75) is 19.4 Å². The third-order valence-corrected chi connectivity index (χ3v) is 3.23. The molecule has 0 N–H and O–H groups in total. The van der Waals surface area contributed by atoms with E-state index >= 15 is 0 Å². The Morgan fingerprint density at radius 2 is 2.39 bits per heavy atom. The van der Waals surface area contributed by atoms with Crippen LogP contribution >= 0.6 is 15.9 Å². The molecule has 4 nitrogen and oxygen atoms in total. The highest BCUT2D eigenvalue weighted by atomic mass is 79.9. The maximum absolute atomic E-state index is 10.8. The Morgan fingerprint density at radius 3 is 3.00 bits per heavy atom. The topological polar surface area (TPSA) is 44.8 Å². The standard InChI is InChI=1S/C13H15BrO4/c1-2-17-12-6-9(7-15)5-11(14)13(12)18-10-3-4-16-8-10/h5-7,10H,2-4,8H2,1H3. The molecule has 0 saturated carbocycles. The number of hydrogen-bond acceptors (Lipinski definition) is 4. The van der Waals surface area contributed by atoms with E-state index in [-0.39, 0.29) is 6.10 Å². The third-order valence-electron chi connectivity index (χ3n) is 2.64. The number of rotatable bonds is 5. The second-order valence-electron chi connectivity index (χ2n) is 3.98. The van der Waals surface area contributed by atoms with Gasteiger partial charge in [0.2, 0.25) is 0 Å². The minimum atomic E-state index is 0.0441. The fraction of sp³-hybridized carbons (Fsp3) is 0.462. The van der Waals surface area contributed by atoms with Crippen LogP contribution in [0.1, 0.15) is 23.7 Å². The fourth-order valence-corrected chi connectivity index (χ4v) is 2.36. The number of halogens is 1. The van der Waals surface area contributed by atoms with E-state index in [2.05, 4.69) is 15.9 Å². The Bertz CT molecular complexity index is 427. The maximum Gasteiger partial charge on any atom is 0.175 e. The fourth-order valence-electron chi connectivity index (χ4n) is 1.81.